The first-order valence-corrected chi connectivity index (χ1v) is 10.2. The number of hydrogen-bond donors (Lipinski definition) is 1. The number of amides is 1. The summed E-state index contributed by atoms with van der Waals surface area (Å²) in [6, 6.07) is 4.36. The molecule has 7 heteroatoms. The van der Waals surface area contributed by atoms with Crippen LogP contribution in [0.1, 0.15) is 32.1 Å². The lowest BCUT2D eigenvalue weighted by Crippen LogP contribution is -2.47. The van der Waals surface area contributed by atoms with Crippen molar-refractivity contribution in [3.8, 4) is 0 Å². The lowest BCUT2D eigenvalue weighted by Gasteiger charge is -2.37. The van der Waals surface area contributed by atoms with Crippen LogP contribution < -0.4 is 10.6 Å². The molecule has 0 aromatic heterocycles. The Morgan fingerprint density at radius 2 is 1.86 bits per heavy atom. The minimum absolute atomic E-state index is 0.239. The number of methoxy groups -OCH3 is 1. The van der Waals surface area contributed by atoms with Gasteiger partial charge in [-0.2, -0.15) is 0 Å². The summed E-state index contributed by atoms with van der Waals surface area (Å²) < 4.78 is 32.7. The number of piperazine rings is 1. The van der Waals surface area contributed by atoms with Crippen LogP contribution in [-0.4, -0.2) is 56.7 Å². The lowest BCUT2D eigenvalue weighted by molar-refractivity contribution is -0.131. The number of anilines is 1. The van der Waals surface area contributed by atoms with Gasteiger partial charge in [-0.15, -0.1) is 0 Å². The van der Waals surface area contributed by atoms with E-state index in [0.717, 1.165) is 57.8 Å². The van der Waals surface area contributed by atoms with Gasteiger partial charge < -0.3 is 15.4 Å². The summed E-state index contributed by atoms with van der Waals surface area (Å²) in [6.07, 6.45) is 4.85. The predicted octanol–water partition coefficient (Wildman–Crippen LogP) is 2.78. The molecule has 1 aliphatic heterocycles. The fourth-order valence-electron chi connectivity index (χ4n) is 4.63. The molecule has 1 amide bonds. The molecule has 1 saturated carbocycles. The van der Waals surface area contributed by atoms with Gasteiger partial charge in [-0.1, -0.05) is 18.9 Å². The summed E-state index contributed by atoms with van der Waals surface area (Å²) in [7, 11) is 1.55. The Labute approximate surface area is 165 Å². The summed E-state index contributed by atoms with van der Waals surface area (Å²) in [5.41, 5.74) is 5.78. The zero-order valence-corrected chi connectivity index (χ0v) is 16.6. The molecule has 1 unspecified atom stereocenters. The topological polar surface area (TPSA) is 58.8 Å². The number of primary amides is 1. The van der Waals surface area contributed by atoms with Crippen molar-refractivity contribution >= 4 is 11.6 Å². The fraction of sp³-hybridized carbons (Fsp3) is 0.667. The van der Waals surface area contributed by atoms with Crippen molar-refractivity contribution in [3.63, 3.8) is 0 Å². The molecule has 0 bridgehead atoms. The van der Waals surface area contributed by atoms with E-state index < -0.39 is 17.7 Å². The van der Waals surface area contributed by atoms with Gasteiger partial charge in [0.05, 0.1) is 5.69 Å². The Morgan fingerprint density at radius 1 is 1.18 bits per heavy atom. The van der Waals surface area contributed by atoms with Crippen LogP contribution in [0.25, 0.3) is 0 Å². The van der Waals surface area contributed by atoms with E-state index >= 15 is 0 Å². The summed E-state index contributed by atoms with van der Waals surface area (Å²) >= 11 is 0. The molecule has 1 saturated heterocycles. The second-order valence-electron chi connectivity index (χ2n) is 8.03. The van der Waals surface area contributed by atoms with Crippen LogP contribution in [0.2, 0.25) is 0 Å². The fourth-order valence-corrected chi connectivity index (χ4v) is 4.63. The Bertz CT molecular complexity index is 657. The predicted molar refractivity (Wildman–Crippen MR) is 105 cm³/mol. The Morgan fingerprint density at radius 3 is 2.46 bits per heavy atom. The Balaban J connectivity index is 1.39. The molecule has 2 aliphatic rings. The highest BCUT2D eigenvalue weighted by molar-refractivity contribution is 5.79. The number of hydrogen-bond acceptors (Lipinski definition) is 4. The Kier molecular flexibility index (Phi) is 7.24. The molecular weight excluding hydrogens is 364 g/mol. The third-order valence-corrected chi connectivity index (χ3v) is 6.35. The number of nitrogens with zero attached hydrogens (tertiary/aromatic N) is 2. The van der Waals surface area contributed by atoms with Gasteiger partial charge in [-0.25, -0.2) is 8.78 Å². The molecule has 1 aromatic carbocycles. The minimum atomic E-state index is -0.789. The first-order chi connectivity index (χ1) is 13.5. The van der Waals surface area contributed by atoms with Crippen LogP contribution in [0.3, 0.4) is 0 Å². The molecule has 1 atom stereocenters. The quantitative estimate of drug-likeness (QED) is 0.771. The summed E-state index contributed by atoms with van der Waals surface area (Å²) in [4.78, 5) is 15.8. The van der Waals surface area contributed by atoms with Crippen molar-refractivity contribution in [2.75, 3.05) is 44.7 Å². The standard InChI is InChI=1S/C21H31F2N3O2/c1-28-20(21(24)27)16-7-5-15(6-8-16)9-10-25-11-13-26(14-12-25)18-4-2-3-17(22)19(18)23/h2-4,15-16,20H,5-14H2,1H3,(H2,24,27). The molecule has 1 heterocycles. The number of rotatable bonds is 7. The first-order valence-electron chi connectivity index (χ1n) is 10.2. The minimum Gasteiger partial charge on any atom is -0.371 e. The number of ether oxygens (including phenoxy) is 1. The average Bonchev–Trinajstić information content (AvgIpc) is 2.70. The van der Waals surface area contributed by atoms with Gasteiger partial charge in [-0.05, 0) is 49.8 Å². The average molecular weight is 395 g/mol. The summed E-state index contributed by atoms with van der Waals surface area (Å²) in [5.74, 6) is -0.997. The van der Waals surface area contributed by atoms with Gasteiger partial charge in [0.2, 0.25) is 5.91 Å². The van der Waals surface area contributed by atoms with Crippen molar-refractivity contribution in [2.24, 2.45) is 17.6 Å². The third-order valence-electron chi connectivity index (χ3n) is 6.35. The lowest BCUT2D eigenvalue weighted by atomic mass is 9.78. The van der Waals surface area contributed by atoms with Crippen LogP contribution >= 0.6 is 0 Å². The third kappa shape index (κ3) is 5.00. The molecule has 156 valence electrons. The molecule has 0 radical (unpaired) electrons. The number of benzene rings is 1. The van der Waals surface area contributed by atoms with Crippen molar-refractivity contribution in [1.82, 2.24) is 4.90 Å². The van der Waals surface area contributed by atoms with E-state index in [1.165, 1.54) is 0 Å². The van der Waals surface area contributed by atoms with Crippen LogP contribution in [0, 0.1) is 23.5 Å². The zero-order valence-electron chi connectivity index (χ0n) is 16.6. The number of nitrogens with two attached hydrogens (primary N) is 1. The zero-order chi connectivity index (χ0) is 20.1. The van der Waals surface area contributed by atoms with Gasteiger partial charge in [0, 0.05) is 33.3 Å². The highest BCUT2D eigenvalue weighted by Crippen LogP contribution is 2.33. The SMILES string of the molecule is COC(C(N)=O)C1CCC(CCN2CCN(c3cccc(F)c3F)CC2)CC1. The Hall–Kier alpha value is -1.73. The van der Waals surface area contributed by atoms with E-state index in [9.17, 15) is 13.6 Å². The molecule has 3 rings (SSSR count). The van der Waals surface area contributed by atoms with Gasteiger partial charge in [-0.3, -0.25) is 9.69 Å². The molecule has 2 fully saturated rings. The monoisotopic (exact) mass is 395 g/mol. The van der Waals surface area contributed by atoms with Crippen LogP contribution in [-0.2, 0) is 9.53 Å². The molecule has 0 spiro atoms. The number of halogens is 2. The van der Waals surface area contributed by atoms with E-state index in [4.69, 9.17) is 10.5 Å². The maximum absolute atomic E-state index is 14.0. The highest BCUT2D eigenvalue weighted by atomic mass is 19.2. The van der Waals surface area contributed by atoms with Crippen molar-refractivity contribution in [3.05, 3.63) is 29.8 Å². The van der Waals surface area contributed by atoms with E-state index in [1.807, 2.05) is 4.90 Å². The second kappa shape index (κ2) is 9.65. The van der Waals surface area contributed by atoms with Gasteiger partial charge in [0.15, 0.2) is 11.6 Å². The van der Waals surface area contributed by atoms with Crippen molar-refractivity contribution in [2.45, 2.75) is 38.2 Å². The maximum atomic E-state index is 14.0. The van der Waals surface area contributed by atoms with Gasteiger partial charge in [0.1, 0.15) is 6.10 Å². The van der Waals surface area contributed by atoms with Crippen LogP contribution in [0.15, 0.2) is 18.2 Å². The molecule has 1 aromatic rings. The maximum Gasteiger partial charge on any atom is 0.246 e. The second-order valence-corrected chi connectivity index (χ2v) is 8.03. The highest BCUT2D eigenvalue weighted by Gasteiger charge is 2.31. The van der Waals surface area contributed by atoms with Crippen LogP contribution in [0.5, 0.6) is 0 Å². The van der Waals surface area contributed by atoms with Crippen molar-refractivity contribution < 1.29 is 18.3 Å². The smallest absolute Gasteiger partial charge is 0.246 e. The molecule has 2 N–H and O–H groups in total. The van der Waals surface area contributed by atoms with Gasteiger partial charge in [0.25, 0.3) is 0 Å². The number of carbonyl (C=O) groups is 1. The van der Waals surface area contributed by atoms with Gasteiger partial charge >= 0.3 is 0 Å². The molecule has 28 heavy (non-hydrogen) atoms. The summed E-state index contributed by atoms with van der Waals surface area (Å²) in [6.45, 7) is 4.16. The van der Waals surface area contributed by atoms with Crippen molar-refractivity contribution in [1.29, 1.82) is 0 Å². The first kappa shape index (κ1) is 21.0. The molecule has 1 aliphatic carbocycles. The molecule has 5 nitrogen and oxygen atoms in total. The van der Waals surface area contributed by atoms with E-state index in [2.05, 4.69) is 4.90 Å². The van der Waals surface area contributed by atoms with E-state index in [-0.39, 0.29) is 11.8 Å². The normalized spacial score (nSPS) is 24.9. The van der Waals surface area contributed by atoms with Crippen LogP contribution in [0.4, 0.5) is 14.5 Å². The largest absolute Gasteiger partial charge is 0.371 e. The summed E-state index contributed by atoms with van der Waals surface area (Å²) in [5, 5.41) is 0. The van der Waals surface area contributed by atoms with E-state index in [0.29, 0.717) is 24.7 Å². The van der Waals surface area contributed by atoms with E-state index in [1.54, 1.807) is 19.2 Å². The molecular formula is C21H31F2N3O2. The number of carbonyl (C=O) groups excluding carboxylic acids is 1.